The van der Waals surface area contributed by atoms with Crippen LogP contribution in [0.2, 0.25) is 0 Å². The molecule has 0 saturated carbocycles. The van der Waals surface area contributed by atoms with E-state index in [1.807, 2.05) is 0 Å². The summed E-state index contributed by atoms with van der Waals surface area (Å²) in [7, 11) is 0. The Morgan fingerprint density at radius 1 is 1.21 bits per heavy atom. The van der Waals surface area contributed by atoms with Crippen molar-refractivity contribution in [3.05, 3.63) is 18.1 Å². The fourth-order valence-electron chi connectivity index (χ4n) is 1.45. The van der Waals surface area contributed by atoms with Crippen molar-refractivity contribution in [1.82, 2.24) is 15.3 Å². The van der Waals surface area contributed by atoms with Crippen LogP contribution in [0.1, 0.15) is 44.6 Å². The zero-order chi connectivity index (χ0) is 14.3. The molecule has 5 nitrogen and oxygen atoms in total. The first-order chi connectivity index (χ1) is 8.99. The zero-order valence-electron chi connectivity index (χ0n) is 12.2. The molecule has 0 aliphatic heterocycles. The molecule has 1 amide bonds. The first kappa shape index (κ1) is 15.4. The van der Waals surface area contributed by atoms with E-state index in [1.165, 1.54) is 6.33 Å². The minimum atomic E-state index is -0.150. The van der Waals surface area contributed by atoms with Gasteiger partial charge in [0.05, 0.1) is 0 Å². The molecule has 0 aromatic carbocycles. The van der Waals surface area contributed by atoms with Gasteiger partial charge in [-0.05, 0) is 18.3 Å². The lowest BCUT2D eigenvalue weighted by Gasteiger charge is -2.09. The van der Waals surface area contributed by atoms with Crippen molar-refractivity contribution in [3.63, 3.8) is 0 Å². The summed E-state index contributed by atoms with van der Waals surface area (Å²) in [5, 5.41) is 6.05. The van der Waals surface area contributed by atoms with E-state index in [0.29, 0.717) is 29.9 Å². The van der Waals surface area contributed by atoms with Gasteiger partial charge in [-0.25, -0.2) is 9.97 Å². The molecule has 2 N–H and O–H groups in total. The highest BCUT2D eigenvalue weighted by Crippen LogP contribution is 2.06. The van der Waals surface area contributed by atoms with Crippen LogP contribution in [0.25, 0.3) is 0 Å². The molecular weight excluding hydrogens is 240 g/mol. The maximum atomic E-state index is 11.9. The van der Waals surface area contributed by atoms with Crippen LogP contribution in [-0.2, 0) is 0 Å². The fraction of sp³-hybridized carbons (Fsp3) is 0.643. The number of hydrogen-bond donors (Lipinski definition) is 2. The third-order valence-electron chi connectivity index (χ3n) is 2.60. The second-order valence-electron chi connectivity index (χ2n) is 5.50. The minimum Gasteiger partial charge on any atom is -0.370 e. The van der Waals surface area contributed by atoms with Gasteiger partial charge in [0.1, 0.15) is 17.8 Å². The molecule has 5 heteroatoms. The van der Waals surface area contributed by atoms with E-state index in [1.54, 1.807) is 6.07 Å². The molecule has 0 spiro atoms. The van der Waals surface area contributed by atoms with E-state index >= 15 is 0 Å². The molecule has 0 unspecified atom stereocenters. The van der Waals surface area contributed by atoms with Crippen LogP contribution in [0, 0.1) is 11.8 Å². The van der Waals surface area contributed by atoms with E-state index < -0.39 is 0 Å². The fourth-order valence-corrected chi connectivity index (χ4v) is 1.45. The lowest BCUT2D eigenvalue weighted by Crippen LogP contribution is -2.28. The Bertz CT molecular complexity index is 404. The van der Waals surface area contributed by atoms with E-state index in [-0.39, 0.29) is 5.91 Å². The summed E-state index contributed by atoms with van der Waals surface area (Å²) in [5.74, 6) is 1.62. The van der Waals surface area contributed by atoms with Gasteiger partial charge in [0.2, 0.25) is 0 Å². The number of carbonyl (C=O) groups excluding carboxylic acids is 1. The normalized spacial score (nSPS) is 10.8. The van der Waals surface area contributed by atoms with Crippen molar-refractivity contribution in [2.45, 2.75) is 34.1 Å². The van der Waals surface area contributed by atoms with Gasteiger partial charge in [0.15, 0.2) is 0 Å². The lowest BCUT2D eigenvalue weighted by molar-refractivity contribution is 0.0944. The molecule has 1 heterocycles. The largest absolute Gasteiger partial charge is 0.370 e. The number of carbonyl (C=O) groups is 1. The van der Waals surface area contributed by atoms with Crippen LogP contribution in [0.15, 0.2) is 12.4 Å². The van der Waals surface area contributed by atoms with Crippen molar-refractivity contribution in [1.29, 1.82) is 0 Å². The third-order valence-corrected chi connectivity index (χ3v) is 2.60. The summed E-state index contributed by atoms with van der Waals surface area (Å²) in [6, 6.07) is 1.69. The maximum absolute atomic E-state index is 11.9. The first-order valence-electron chi connectivity index (χ1n) is 6.83. The van der Waals surface area contributed by atoms with Gasteiger partial charge < -0.3 is 10.6 Å². The monoisotopic (exact) mass is 264 g/mol. The van der Waals surface area contributed by atoms with Gasteiger partial charge in [-0.2, -0.15) is 0 Å². The predicted molar refractivity (Wildman–Crippen MR) is 77.1 cm³/mol. The molecule has 0 radical (unpaired) electrons. The maximum Gasteiger partial charge on any atom is 0.270 e. The van der Waals surface area contributed by atoms with Crippen molar-refractivity contribution in [2.24, 2.45) is 11.8 Å². The molecular formula is C14H24N4O. The van der Waals surface area contributed by atoms with E-state index in [9.17, 15) is 4.79 Å². The average molecular weight is 264 g/mol. The molecule has 0 atom stereocenters. The Morgan fingerprint density at radius 2 is 1.95 bits per heavy atom. The summed E-state index contributed by atoms with van der Waals surface area (Å²) in [5.41, 5.74) is 0.405. The van der Waals surface area contributed by atoms with Gasteiger partial charge in [0.25, 0.3) is 5.91 Å². The Morgan fingerprint density at radius 3 is 2.58 bits per heavy atom. The number of amides is 1. The van der Waals surface area contributed by atoms with Crippen LogP contribution in [0.4, 0.5) is 5.82 Å². The predicted octanol–water partition coefficient (Wildman–Crippen LogP) is 2.32. The van der Waals surface area contributed by atoms with E-state index in [2.05, 4.69) is 48.3 Å². The second kappa shape index (κ2) is 7.71. The second-order valence-corrected chi connectivity index (χ2v) is 5.50. The van der Waals surface area contributed by atoms with Crippen molar-refractivity contribution >= 4 is 11.7 Å². The highest BCUT2D eigenvalue weighted by molar-refractivity contribution is 5.92. The van der Waals surface area contributed by atoms with Crippen molar-refractivity contribution in [2.75, 3.05) is 18.4 Å². The smallest absolute Gasteiger partial charge is 0.270 e. The molecule has 1 aromatic rings. The Balaban J connectivity index is 2.53. The number of aromatic nitrogens is 2. The molecule has 1 aromatic heterocycles. The molecule has 0 aliphatic rings. The Kier molecular flexibility index (Phi) is 6.25. The summed E-state index contributed by atoms with van der Waals surface area (Å²) in [6.07, 6.45) is 2.49. The Hall–Kier alpha value is -1.65. The van der Waals surface area contributed by atoms with Crippen molar-refractivity contribution in [3.8, 4) is 0 Å². The number of hydrogen-bond acceptors (Lipinski definition) is 4. The van der Waals surface area contributed by atoms with Crippen LogP contribution < -0.4 is 10.6 Å². The number of rotatable bonds is 7. The van der Waals surface area contributed by atoms with Gasteiger partial charge in [0, 0.05) is 19.2 Å². The van der Waals surface area contributed by atoms with Crippen LogP contribution >= 0.6 is 0 Å². The summed E-state index contributed by atoms with van der Waals surface area (Å²) >= 11 is 0. The number of nitrogens with one attached hydrogen (secondary N) is 2. The van der Waals surface area contributed by atoms with Crippen molar-refractivity contribution < 1.29 is 4.79 Å². The van der Waals surface area contributed by atoms with E-state index in [4.69, 9.17) is 0 Å². The highest BCUT2D eigenvalue weighted by atomic mass is 16.1. The number of nitrogens with zero attached hydrogens (tertiary/aromatic N) is 2. The van der Waals surface area contributed by atoms with Gasteiger partial charge in [-0.15, -0.1) is 0 Å². The topological polar surface area (TPSA) is 66.9 Å². The van der Waals surface area contributed by atoms with Crippen LogP contribution in [0.3, 0.4) is 0 Å². The van der Waals surface area contributed by atoms with E-state index in [0.717, 1.165) is 13.0 Å². The zero-order valence-corrected chi connectivity index (χ0v) is 12.2. The van der Waals surface area contributed by atoms with Crippen LogP contribution in [-0.4, -0.2) is 29.0 Å². The van der Waals surface area contributed by atoms with Crippen LogP contribution in [0.5, 0.6) is 0 Å². The molecule has 0 saturated heterocycles. The summed E-state index contributed by atoms with van der Waals surface area (Å²) < 4.78 is 0. The van der Waals surface area contributed by atoms with Gasteiger partial charge in [-0.1, -0.05) is 27.7 Å². The summed E-state index contributed by atoms with van der Waals surface area (Å²) in [4.78, 5) is 20.0. The first-order valence-corrected chi connectivity index (χ1v) is 6.83. The SMILES string of the molecule is CC(C)CCNc1cc(C(=O)NCC(C)C)ncn1. The Labute approximate surface area is 115 Å². The molecule has 106 valence electrons. The molecule has 0 bridgehead atoms. The molecule has 0 fully saturated rings. The lowest BCUT2D eigenvalue weighted by atomic mass is 10.1. The minimum absolute atomic E-state index is 0.150. The van der Waals surface area contributed by atoms with Gasteiger partial charge in [-0.3, -0.25) is 4.79 Å². The summed E-state index contributed by atoms with van der Waals surface area (Å²) in [6.45, 7) is 9.96. The third kappa shape index (κ3) is 6.18. The highest BCUT2D eigenvalue weighted by Gasteiger charge is 2.08. The quantitative estimate of drug-likeness (QED) is 0.793. The molecule has 19 heavy (non-hydrogen) atoms. The molecule has 0 aliphatic carbocycles. The number of anilines is 1. The standard InChI is InChI=1S/C14H24N4O/c1-10(2)5-6-15-13-7-12(17-9-18-13)14(19)16-8-11(3)4/h7,9-11H,5-6,8H2,1-4H3,(H,16,19)(H,15,17,18). The average Bonchev–Trinajstić information content (AvgIpc) is 2.36. The molecule has 1 rings (SSSR count). The van der Waals surface area contributed by atoms with Gasteiger partial charge >= 0.3 is 0 Å².